The van der Waals surface area contributed by atoms with E-state index >= 15 is 0 Å². The normalized spacial score (nSPS) is 11.4. The van der Waals surface area contributed by atoms with Gasteiger partial charge in [0.25, 0.3) is 0 Å². The van der Waals surface area contributed by atoms with Gasteiger partial charge in [-0.25, -0.2) is 4.79 Å². The summed E-state index contributed by atoms with van der Waals surface area (Å²) in [6, 6.07) is 17.0. The van der Waals surface area contributed by atoms with Gasteiger partial charge >= 0.3 is 5.97 Å². The lowest BCUT2D eigenvalue weighted by molar-refractivity contribution is -0.115. The Kier molecular flexibility index (Phi) is 8.08. The SMILES string of the molecule is CCC(=O)Nc1cc(OC)c(C(=O)O[C@@H](C(=O)c2ccc(C)c(C)c2)c2ccccc2)cc1Cl. The molecule has 0 radical (unpaired) electrons. The highest BCUT2D eigenvalue weighted by Crippen LogP contribution is 2.33. The molecule has 3 rings (SSSR count). The molecule has 0 unspecified atom stereocenters. The second kappa shape index (κ2) is 11.0. The summed E-state index contributed by atoms with van der Waals surface area (Å²) in [5, 5.41) is 2.80. The molecule has 0 spiro atoms. The van der Waals surface area contributed by atoms with E-state index in [1.54, 1.807) is 43.3 Å². The first kappa shape index (κ1) is 25.0. The Balaban J connectivity index is 1.97. The van der Waals surface area contributed by atoms with Crippen LogP contribution in [0.4, 0.5) is 5.69 Å². The Bertz CT molecular complexity index is 1220. The van der Waals surface area contributed by atoms with Crippen LogP contribution in [0.2, 0.25) is 5.02 Å². The van der Waals surface area contributed by atoms with Gasteiger partial charge in [-0.2, -0.15) is 0 Å². The summed E-state index contributed by atoms with van der Waals surface area (Å²) in [5.74, 6) is -1.20. The van der Waals surface area contributed by atoms with E-state index < -0.39 is 12.1 Å². The lowest BCUT2D eigenvalue weighted by atomic mass is 9.97. The van der Waals surface area contributed by atoms with Crippen LogP contribution in [0.1, 0.15) is 56.9 Å². The first-order valence-electron chi connectivity index (χ1n) is 10.8. The fourth-order valence-corrected chi connectivity index (χ4v) is 3.54. The number of methoxy groups -OCH3 is 1. The van der Waals surface area contributed by atoms with E-state index in [-0.39, 0.29) is 34.4 Å². The molecule has 0 saturated heterocycles. The number of aryl methyl sites for hydroxylation is 2. The van der Waals surface area contributed by atoms with Crippen LogP contribution in [0.3, 0.4) is 0 Å². The predicted octanol–water partition coefficient (Wildman–Crippen LogP) is 6.09. The second-order valence-corrected chi connectivity index (χ2v) is 8.20. The number of ether oxygens (including phenoxy) is 2. The number of rotatable bonds is 8. The van der Waals surface area contributed by atoms with Crippen LogP contribution in [-0.2, 0) is 9.53 Å². The van der Waals surface area contributed by atoms with E-state index in [1.165, 1.54) is 19.2 Å². The Morgan fingerprint density at radius 1 is 0.971 bits per heavy atom. The molecule has 1 atom stereocenters. The third kappa shape index (κ3) is 5.64. The number of nitrogens with one attached hydrogen (secondary N) is 1. The average molecular weight is 480 g/mol. The van der Waals surface area contributed by atoms with Crippen LogP contribution in [0, 0.1) is 13.8 Å². The predicted molar refractivity (Wildman–Crippen MR) is 132 cm³/mol. The fourth-order valence-electron chi connectivity index (χ4n) is 3.33. The van der Waals surface area contributed by atoms with Gasteiger partial charge < -0.3 is 14.8 Å². The average Bonchev–Trinajstić information content (AvgIpc) is 2.85. The Morgan fingerprint density at radius 2 is 1.68 bits per heavy atom. The molecule has 6 nitrogen and oxygen atoms in total. The zero-order valence-electron chi connectivity index (χ0n) is 19.5. The van der Waals surface area contributed by atoms with Crippen molar-refractivity contribution in [3.63, 3.8) is 0 Å². The zero-order valence-corrected chi connectivity index (χ0v) is 20.2. The van der Waals surface area contributed by atoms with Crippen molar-refractivity contribution in [2.24, 2.45) is 0 Å². The van der Waals surface area contributed by atoms with Gasteiger partial charge in [-0.15, -0.1) is 0 Å². The Hall–Kier alpha value is -3.64. The molecule has 0 aliphatic heterocycles. The maximum Gasteiger partial charge on any atom is 0.343 e. The summed E-state index contributed by atoms with van der Waals surface area (Å²) in [6.07, 6.45) is -0.902. The standard InChI is InChI=1S/C27H26ClNO5/c1-5-24(30)29-22-15-23(33-4)20(14-21(22)28)27(32)34-26(18-9-7-6-8-10-18)25(31)19-12-11-16(2)17(3)13-19/h6-15,26H,5H2,1-4H3,(H,29,30)/t26-/m1/s1. The number of carbonyl (C=O) groups excluding carboxylic acids is 3. The molecular weight excluding hydrogens is 454 g/mol. The molecule has 0 heterocycles. The molecule has 1 N–H and O–H groups in total. The summed E-state index contributed by atoms with van der Waals surface area (Å²) in [4.78, 5) is 38.4. The zero-order chi connectivity index (χ0) is 24.8. The maximum absolute atomic E-state index is 13.4. The number of anilines is 1. The van der Waals surface area contributed by atoms with Gasteiger partial charge in [-0.05, 0) is 37.1 Å². The quantitative estimate of drug-likeness (QED) is 0.312. The number of hydrogen-bond acceptors (Lipinski definition) is 5. The Morgan fingerprint density at radius 3 is 2.29 bits per heavy atom. The second-order valence-electron chi connectivity index (χ2n) is 7.79. The van der Waals surface area contributed by atoms with Crippen LogP contribution in [-0.4, -0.2) is 24.8 Å². The third-order valence-corrected chi connectivity index (χ3v) is 5.77. The van der Waals surface area contributed by atoms with Crippen molar-refractivity contribution in [1.29, 1.82) is 0 Å². The largest absolute Gasteiger partial charge is 0.496 e. The molecular formula is C27H26ClNO5. The minimum Gasteiger partial charge on any atom is -0.496 e. The number of benzene rings is 3. The van der Waals surface area contributed by atoms with E-state index in [0.717, 1.165) is 11.1 Å². The molecule has 0 fully saturated rings. The monoisotopic (exact) mass is 479 g/mol. The first-order chi connectivity index (χ1) is 16.2. The maximum atomic E-state index is 13.4. The highest BCUT2D eigenvalue weighted by atomic mass is 35.5. The minimum atomic E-state index is -1.17. The van der Waals surface area contributed by atoms with Crippen LogP contribution in [0.5, 0.6) is 5.75 Å². The molecule has 0 bridgehead atoms. The van der Waals surface area contributed by atoms with E-state index in [2.05, 4.69) is 5.32 Å². The number of carbonyl (C=O) groups is 3. The minimum absolute atomic E-state index is 0.0378. The van der Waals surface area contributed by atoms with Crippen molar-refractivity contribution in [3.8, 4) is 5.75 Å². The van der Waals surface area contributed by atoms with Crippen molar-refractivity contribution in [2.45, 2.75) is 33.3 Å². The molecule has 0 aromatic heterocycles. The summed E-state index contributed by atoms with van der Waals surface area (Å²) in [6.45, 7) is 5.59. The number of ketones is 1. The number of Topliss-reactive ketones (excluding diaryl/α,β-unsaturated/α-hetero) is 1. The van der Waals surface area contributed by atoms with Gasteiger partial charge in [0.2, 0.25) is 11.7 Å². The van der Waals surface area contributed by atoms with Crippen LogP contribution < -0.4 is 10.1 Å². The number of hydrogen-bond donors (Lipinski definition) is 1. The molecule has 0 aliphatic rings. The number of esters is 1. The highest BCUT2D eigenvalue weighted by molar-refractivity contribution is 6.34. The van der Waals surface area contributed by atoms with E-state index in [1.807, 2.05) is 26.0 Å². The van der Waals surface area contributed by atoms with Gasteiger partial charge in [0.15, 0.2) is 6.10 Å². The Labute approximate surface area is 203 Å². The summed E-state index contributed by atoms with van der Waals surface area (Å²) in [5.41, 5.74) is 3.34. The molecule has 0 aliphatic carbocycles. The summed E-state index contributed by atoms with van der Waals surface area (Å²) >= 11 is 6.30. The molecule has 7 heteroatoms. The van der Waals surface area contributed by atoms with Gasteiger partial charge in [-0.1, -0.05) is 61.0 Å². The van der Waals surface area contributed by atoms with Gasteiger partial charge in [0, 0.05) is 23.6 Å². The van der Waals surface area contributed by atoms with E-state index in [9.17, 15) is 14.4 Å². The van der Waals surface area contributed by atoms with Gasteiger partial charge in [-0.3, -0.25) is 9.59 Å². The molecule has 3 aromatic rings. The lowest BCUT2D eigenvalue weighted by Gasteiger charge is -2.19. The van der Waals surface area contributed by atoms with Crippen molar-refractivity contribution >= 4 is 34.9 Å². The first-order valence-corrected chi connectivity index (χ1v) is 11.2. The van der Waals surface area contributed by atoms with E-state index in [4.69, 9.17) is 21.1 Å². The smallest absolute Gasteiger partial charge is 0.343 e. The lowest BCUT2D eigenvalue weighted by Crippen LogP contribution is -2.21. The summed E-state index contributed by atoms with van der Waals surface area (Å²) < 4.78 is 11.1. The molecule has 34 heavy (non-hydrogen) atoms. The molecule has 3 aromatic carbocycles. The fraction of sp³-hybridized carbons (Fsp3) is 0.222. The topological polar surface area (TPSA) is 81.7 Å². The molecule has 0 saturated carbocycles. The molecule has 1 amide bonds. The third-order valence-electron chi connectivity index (χ3n) is 5.46. The number of amides is 1. The van der Waals surface area contributed by atoms with Gasteiger partial charge in [0.1, 0.15) is 11.3 Å². The van der Waals surface area contributed by atoms with Crippen molar-refractivity contribution in [1.82, 2.24) is 0 Å². The highest BCUT2D eigenvalue weighted by Gasteiger charge is 2.29. The van der Waals surface area contributed by atoms with Gasteiger partial charge in [0.05, 0.1) is 17.8 Å². The molecule has 176 valence electrons. The van der Waals surface area contributed by atoms with Crippen molar-refractivity contribution < 1.29 is 23.9 Å². The van der Waals surface area contributed by atoms with Crippen molar-refractivity contribution in [3.05, 3.63) is 93.5 Å². The van der Waals surface area contributed by atoms with Crippen LogP contribution in [0.25, 0.3) is 0 Å². The summed E-state index contributed by atoms with van der Waals surface area (Å²) in [7, 11) is 1.39. The number of halogens is 1. The van der Waals surface area contributed by atoms with Crippen molar-refractivity contribution in [2.75, 3.05) is 12.4 Å². The van der Waals surface area contributed by atoms with Crippen LogP contribution in [0.15, 0.2) is 60.7 Å². The van der Waals surface area contributed by atoms with Crippen LogP contribution >= 0.6 is 11.6 Å². The van der Waals surface area contributed by atoms with E-state index in [0.29, 0.717) is 16.8 Å².